The van der Waals surface area contributed by atoms with Gasteiger partial charge in [0.15, 0.2) is 0 Å². The molecule has 1 aromatic rings. The molecule has 0 unspecified atom stereocenters. The summed E-state index contributed by atoms with van der Waals surface area (Å²) >= 11 is 1.82. The fourth-order valence-electron chi connectivity index (χ4n) is 4.11. The Morgan fingerprint density at radius 2 is 1.72 bits per heavy atom. The van der Waals surface area contributed by atoms with Crippen molar-refractivity contribution < 1.29 is 13.2 Å². The summed E-state index contributed by atoms with van der Waals surface area (Å²) in [5, 5.41) is 0.264. The van der Waals surface area contributed by atoms with Gasteiger partial charge in [-0.3, -0.25) is 4.79 Å². The summed E-state index contributed by atoms with van der Waals surface area (Å²) in [4.78, 5) is 16.0. The van der Waals surface area contributed by atoms with E-state index in [1.165, 1.54) is 11.2 Å². The Morgan fingerprint density at radius 3 is 2.20 bits per heavy atom. The Bertz CT molecular complexity index is 714. The summed E-state index contributed by atoms with van der Waals surface area (Å²) in [6, 6.07) is 8.43. The van der Waals surface area contributed by atoms with Gasteiger partial charge >= 0.3 is 0 Å². The summed E-state index contributed by atoms with van der Waals surface area (Å²) in [5.74, 6) is 0.142. The predicted molar refractivity (Wildman–Crippen MR) is 103 cm³/mol. The van der Waals surface area contributed by atoms with E-state index in [1.54, 1.807) is 0 Å². The number of sulfone groups is 1. The molecule has 0 aromatic heterocycles. The molecule has 2 aliphatic rings. The standard InChI is InChI=1S/C19H27NO3S2/c1-13(2)24-17-8-4-14(5-9-17)10-19(21)20-15-6-7-16(20)12-18(11-15)25(3,22)23/h4-5,8-9,13,15-16,18H,6-7,10-12H2,1-3H3/t15-,16-/m0/s1. The monoisotopic (exact) mass is 381 g/mol. The zero-order valence-electron chi connectivity index (χ0n) is 15.1. The van der Waals surface area contributed by atoms with Crippen molar-refractivity contribution in [1.29, 1.82) is 0 Å². The molecule has 0 radical (unpaired) electrons. The minimum absolute atomic E-state index is 0.0988. The van der Waals surface area contributed by atoms with E-state index in [9.17, 15) is 13.2 Å². The van der Waals surface area contributed by atoms with Gasteiger partial charge in [0, 0.05) is 28.5 Å². The number of hydrogen-bond acceptors (Lipinski definition) is 4. The van der Waals surface area contributed by atoms with Gasteiger partial charge in [-0.15, -0.1) is 11.8 Å². The Balaban J connectivity index is 1.64. The fourth-order valence-corrected chi connectivity index (χ4v) is 6.09. The summed E-state index contributed by atoms with van der Waals surface area (Å²) in [6.45, 7) is 4.33. The molecule has 4 nitrogen and oxygen atoms in total. The SMILES string of the molecule is CC(C)Sc1ccc(CC(=O)N2[C@H]3CC[C@H]2CC(S(C)(=O)=O)C3)cc1. The van der Waals surface area contributed by atoms with Crippen molar-refractivity contribution in [2.24, 2.45) is 0 Å². The van der Waals surface area contributed by atoms with Crippen LogP contribution in [0.2, 0.25) is 0 Å². The molecule has 25 heavy (non-hydrogen) atoms. The molecular weight excluding hydrogens is 354 g/mol. The molecule has 1 aromatic carbocycles. The molecule has 138 valence electrons. The lowest BCUT2D eigenvalue weighted by atomic mass is 10.0. The molecule has 2 aliphatic heterocycles. The quantitative estimate of drug-likeness (QED) is 0.735. The van der Waals surface area contributed by atoms with Crippen molar-refractivity contribution in [2.75, 3.05) is 6.26 Å². The predicted octanol–water partition coefficient (Wildman–Crippen LogP) is 3.30. The highest BCUT2D eigenvalue weighted by atomic mass is 32.2. The zero-order valence-corrected chi connectivity index (χ0v) is 16.8. The van der Waals surface area contributed by atoms with Crippen molar-refractivity contribution in [3.63, 3.8) is 0 Å². The highest BCUT2D eigenvalue weighted by Crippen LogP contribution is 2.38. The Kier molecular flexibility index (Phi) is 5.49. The topological polar surface area (TPSA) is 54.5 Å². The Morgan fingerprint density at radius 1 is 1.16 bits per heavy atom. The Labute approximate surface area is 155 Å². The van der Waals surface area contributed by atoms with Gasteiger partial charge in [-0.1, -0.05) is 26.0 Å². The van der Waals surface area contributed by atoms with Crippen LogP contribution in [0.1, 0.15) is 45.1 Å². The van der Waals surface area contributed by atoms with Crippen molar-refractivity contribution in [3.05, 3.63) is 29.8 Å². The highest BCUT2D eigenvalue weighted by molar-refractivity contribution is 7.99. The molecule has 3 rings (SSSR count). The molecule has 0 saturated carbocycles. The van der Waals surface area contributed by atoms with Crippen LogP contribution in [-0.2, 0) is 21.1 Å². The third-order valence-electron chi connectivity index (χ3n) is 5.23. The van der Waals surface area contributed by atoms with Crippen LogP contribution in [0.3, 0.4) is 0 Å². The molecule has 0 spiro atoms. The van der Waals surface area contributed by atoms with Gasteiger partial charge < -0.3 is 4.90 Å². The van der Waals surface area contributed by atoms with Crippen LogP contribution < -0.4 is 0 Å². The molecular formula is C19H27NO3S2. The highest BCUT2D eigenvalue weighted by Gasteiger charge is 2.45. The minimum Gasteiger partial charge on any atom is -0.336 e. The first-order valence-corrected chi connectivity index (χ1v) is 11.8. The van der Waals surface area contributed by atoms with E-state index in [-0.39, 0.29) is 23.2 Å². The van der Waals surface area contributed by atoms with E-state index in [0.29, 0.717) is 24.5 Å². The minimum atomic E-state index is -3.01. The van der Waals surface area contributed by atoms with E-state index >= 15 is 0 Å². The number of amides is 1. The first-order valence-electron chi connectivity index (χ1n) is 8.99. The van der Waals surface area contributed by atoms with Crippen molar-refractivity contribution >= 4 is 27.5 Å². The molecule has 6 heteroatoms. The molecule has 1 amide bonds. The van der Waals surface area contributed by atoms with E-state index < -0.39 is 9.84 Å². The van der Waals surface area contributed by atoms with Crippen LogP contribution in [0.4, 0.5) is 0 Å². The van der Waals surface area contributed by atoms with Gasteiger partial charge in [0.1, 0.15) is 9.84 Å². The van der Waals surface area contributed by atoms with Crippen molar-refractivity contribution in [3.8, 4) is 0 Å². The molecule has 2 fully saturated rings. The van der Waals surface area contributed by atoms with Crippen LogP contribution in [0, 0.1) is 0 Å². The third-order valence-corrected chi connectivity index (χ3v) is 7.85. The molecule has 0 aliphatic carbocycles. The lowest BCUT2D eigenvalue weighted by Gasteiger charge is -2.38. The van der Waals surface area contributed by atoms with Gasteiger partial charge in [0.2, 0.25) is 5.91 Å². The van der Waals surface area contributed by atoms with Gasteiger partial charge in [-0.2, -0.15) is 0 Å². The number of thioether (sulfide) groups is 1. The van der Waals surface area contributed by atoms with Crippen LogP contribution in [0.15, 0.2) is 29.2 Å². The summed E-state index contributed by atoms with van der Waals surface area (Å²) in [5.41, 5.74) is 1.03. The molecule has 0 N–H and O–H groups in total. The second kappa shape index (κ2) is 7.31. The smallest absolute Gasteiger partial charge is 0.227 e. The number of benzene rings is 1. The summed E-state index contributed by atoms with van der Waals surface area (Å²) in [7, 11) is -3.01. The number of rotatable bonds is 5. The maximum Gasteiger partial charge on any atom is 0.227 e. The van der Waals surface area contributed by atoms with Crippen LogP contribution in [-0.4, -0.2) is 48.1 Å². The molecule has 2 bridgehead atoms. The molecule has 2 heterocycles. The van der Waals surface area contributed by atoms with Crippen molar-refractivity contribution in [1.82, 2.24) is 4.90 Å². The lowest BCUT2D eigenvalue weighted by Crippen LogP contribution is -2.50. The van der Waals surface area contributed by atoms with Gasteiger partial charge in [-0.25, -0.2) is 8.42 Å². The van der Waals surface area contributed by atoms with Crippen LogP contribution >= 0.6 is 11.8 Å². The van der Waals surface area contributed by atoms with Gasteiger partial charge in [0.25, 0.3) is 0 Å². The van der Waals surface area contributed by atoms with E-state index in [0.717, 1.165) is 18.4 Å². The van der Waals surface area contributed by atoms with Crippen molar-refractivity contribution in [2.45, 2.75) is 73.4 Å². The summed E-state index contributed by atoms with van der Waals surface area (Å²) in [6.07, 6.45) is 4.81. The second-order valence-corrected chi connectivity index (χ2v) is 11.6. The first-order chi connectivity index (χ1) is 11.7. The number of fused-ring (bicyclic) bond motifs is 2. The van der Waals surface area contributed by atoms with Gasteiger partial charge in [-0.05, 0) is 43.4 Å². The Hall–Kier alpha value is -1.01. The van der Waals surface area contributed by atoms with Gasteiger partial charge in [0.05, 0.1) is 11.7 Å². The molecule has 2 atom stereocenters. The number of carbonyl (C=O) groups excluding carboxylic acids is 1. The summed E-state index contributed by atoms with van der Waals surface area (Å²) < 4.78 is 23.8. The maximum atomic E-state index is 12.8. The maximum absolute atomic E-state index is 12.8. The third kappa shape index (κ3) is 4.40. The van der Waals surface area contributed by atoms with E-state index in [1.807, 2.05) is 28.8 Å². The second-order valence-electron chi connectivity index (χ2n) is 7.60. The number of nitrogens with zero attached hydrogens (tertiary/aromatic N) is 1. The fraction of sp³-hybridized carbons (Fsp3) is 0.632. The lowest BCUT2D eigenvalue weighted by molar-refractivity contribution is -0.134. The number of hydrogen-bond donors (Lipinski definition) is 0. The average molecular weight is 382 g/mol. The van der Waals surface area contributed by atoms with Crippen LogP contribution in [0.25, 0.3) is 0 Å². The molecule has 2 saturated heterocycles. The number of carbonyl (C=O) groups is 1. The van der Waals surface area contributed by atoms with E-state index in [4.69, 9.17) is 0 Å². The normalized spacial score (nSPS) is 26.2. The number of piperidine rings is 1. The average Bonchev–Trinajstić information content (AvgIpc) is 2.78. The zero-order chi connectivity index (χ0) is 18.2. The van der Waals surface area contributed by atoms with Crippen LogP contribution in [0.5, 0.6) is 0 Å². The van der Waals surface area contributed by atoms with E-state index in [2.05, 4.69) is 26.0 Å². The largest absolute Gasteiger partial charge is 0.336 e. The first kappa shape index (κ1) is 18.8.